The van der Waals surface area contributed by atoms with Crippen molar-refractivity contribution in [3.05, 3.63) is 224 Å². The van der Waals surface area contributed by atoms with Gasteiger partial charge in [-0.2, -0.15) is 0 Å². The van der Waals surface area contributed by atoms with E-state index < -0.39 is 0 Å². The van der Waals surface area contributed by atoms with Crippen LogP contribution in [0.1, 0.15) is 0 Å². The van der Waals surface area contributed by atoms with Crippen molar-refractivity contribution in [1.82, 2.24) is 15.0 Å². The zero-order valence-electron chi connectivity index (χ0n) is 33.7. The second-order valence-electron chi connectivity index (χ2n) is 16.0. The second-order valence-corrected chi connectivity index (χ2v) is 16.0. The first-order valence-electron chi connectivity index (χ1n) is 21.1. The van der Waals surface area contributed by atoms with E-state index in [1.807, 2.05) is 0 Å². The van der Waals surface area contributed by atoms with Crippen molar-refractivity contribution in [2.45, 2.75) is 0 Å². The minimum atomic E-state index is 0.696. The van der Waals surface area contributed by atoms with Crippen molar-refractivity contribution in [2.24, 2.45) is 0 Å². The molecule has 0 fully saturated rings. The number of pyridine rings is 1. The molecule has 12 aromatic rings. The molecule has 62 heavy (non-hydrogen) atoms. The van der Waals surface area contributed by atoms with Crippen LogP contribution in [0.15, 0.2) is 224 Å². The summed E-state index contributed by atoms with van der Waals surface area (Å²) in [6.45, 7) is 0. The number of aromatic nitrogens is 3. The average Bonchev–Trinajstić information content (AvgIpc) is 3.35. The molecule has 0 saturated carbocycles. The van der Waals surface area contributed by atoms with Crippen molar-refractivity contribution in [3.63, 3.8) is 0 Å². The van der Waals surface area contributed by atoms with Crippen LogP contribution in [0.5, 0.6) is 0 Å². The lowest BCUT2D eigenvalue weighted by Crippen LogP contribution is -1.97. The predicted octanol–water partition coefficient (Wildman–Crippen LogP) is 15.6. The Morgan fingerprint density at radius 3 is 1.37 bits per heavy atom. The summed E-state index contributed by atoms with van der Waals surface area (Å²) >= 11 is 0. The number of hydrogen-bond donors (Lipinski definition) is 0. The van der Waals surface area contributed by atoms with E-state index >= 15 is 0 Å². The Morgan fingerprint density at radius 1 is 0.242 bits per heavy atom. The summed E-state index contributed by atoms with van der Waals surface area (Å²) in [5.74, 6) is 0.696. The molecule has 0 saturated heterocycles. The van der Waals surface area contributed by atoms with E-state index in [1.54, 1.807) is 0 Å². The van der Waals surface area contributed by atoms with Gasteiger partial charge in [0.15, 0.2) is 5.82 Å². The molecular formula is C59H37N3. The van der Waals surface area contributed by atoms with Gasteiger partial charge in [0, 0.05) is 27.6 Å². The molecule has 0 amide bonds. The summed E-state index contributed by atoms with van der Waals surface area (Å²) in [6.07, 6.45) is 0. The maximum absolute atomic E-state index is 5.32. The number of fused-ring (bicyclic) bond motifs is 6. The minimum Gasteiger partial charge on any atom is -0.248 e. The first-order valence-corrected chi connectivity index (χ1v) is 21.1. The Hall–Kier alpha value is -8.27. The molecule has 0 atom stereocenters. The second kappa shape index (κ2) is 14.8. The van der Waals surface area contributed by atoms with Crippen LogP contribution in [0.2, 0.25) is 0 Å². The number of benzene rings is 10. The van der Waals surface area contributed by atoms with Crippen LogP contribution >= 0.6 is 0 Å². The summed E-state index contributed by atoms with van der Waals surface area (Å²) in [6, 6.07) is 79.9. The van der Waals surface area contributed by atoms with Gasteiger partial charge in [0.2, 0.25) is 0 Å². The maximum atomic E-state index is 5.32. The van der Waals surface area contributed by atoms with E-state index in [0.29, 0.717) is 5.82 Å². The van der Waals surface area contributed by atoms with Gasteiger partial charge in [-0.15, -0.1) is 0 Å². The van der Waals surface area contributed by atoms with Gasteiger partial charge in [0.05, 0.1) is 22.6 Å². The van der Waals surface area contributed by atoms with Crippen LogP contribution in [-0.4, -0.2) is 15.0 Å². The smallest absolute Gasteiger partial charge is 0.161 e. The van der Waals surface area contributed by atoms with Crippen molar-refractivity contribution in [3.8, 4) is 67.4 Å². The molecular weight excluding hydrogens is 751 g/mol. The van der Waals surface area contributed by atoms with Crippen LogP contribution in [0, 0.1) is 0 Å². The summed E-state index contributed by atoms with van der Waals surface area (Å²) in [4.78, 5) is 15.9. The lowest BCUT2D eigenvalue weighted by atomic mass is 9.92. The SMILES string of the molecule is c1ccc(-c2cc(-c3ccc(-c4ccc(-c5nc(-c6ccc7ccccc7c6)cc(-c6ccc7ccccc7c6)n5)c5ccccc45)cc3)nc3ccc4ccccc4c23)cc1. The third kappa shape index (κ3) is 6.27. The molecule has 12 rings (SSSR count). The van der Waals surface area contributed by atoms with Crippen molar-refractivity contribution in [1.29, 1.82) is 0 Å². The molecule has 0 aliphatic rings. The van der Waals surface area contributed by atoms with Gasteiger partial charge in [0.25, 0.3) is 0 Å². The van der Waals surface area contributed by atoms with E-state index in [1.165, 1.54) is 48.8 Å². The zero-order valence-corrected chi connectivity index (χ0v) is 33.7. The maximum Gasteiger partial charge on any atom is 0.161 e. The quantitative estimate of drug-likeness (QED) is 0.158. The van der Waals surface area contributed by atoms with Crippen LogP contribution < -0.4 is 0 Å². The molecule has 0 aliphatic heterocycles. The molecule has 0 bridgehead atoms. The molecule has 2 aromatic heterocycles. The van der Waals surface area contributed by atoms with Crippen LogP contribution in [0.25, 0.3) is 121 Å². The Balaban J connectivity index is 0.969. The standard InChI is InChI=1S/C59H37N3/c1-2-14-40(15-3-1)53-36-55(60-54-33-30-41-16-8-9-19-49(41)58(53)54)43-26-24-42(25-27-43)48-31-32-52(51-21-11-10-20-50(48)51)59-61-56(46-28-22-38-12-4-6-17-44(38)34-46)37-57(62-59)47-29-23-39-13-5-7-18-45(39)35-47/h1-37H. The van der Waals surface area contributed by atoms with E-state index in [4.69, 9.17) is 15.0 Å². The zero-order chi connectivity index (χ0) is 41.0. The minimum absolute atomic E-state index is 0.696. The normalized spacial score (nSPS) is 11.5. The molecule has 3 heteroatoms. The van der Waals surface area contributed by atoms with Crippen molar-refractivity contribution in [2.75, 3.05) is 0 Å². The highest BCUT2D eigenvalue weighted by Crippen LogP contribution is 2.40. The highest BCUT2D eigenvalue weighted by molar-refractivity contribution is 6.14. The topological polar surface area (TPSA) is 38.7 Å². The summed E-state index contributed by atoms with van der Waals surface area (Å²) in [5.41, 5.74) is 12.5. The number of rotatable bonds is 6. The van der Waals surface area contributed by atoms with E-state index in [-0.39, 0.29) is 0 Å². The summed E-state index contributed by atoms with van der Waals surface area (Å²) < 4.78 is 0. The van der Waals surface area contributed by atoms with Crippen molar-refractivity contribution < 1.29 is 0 Å². The molecule has 0 aliphatic carbocycles. The van der Waals surface area contributed by atoms with E-state index in [9.17, 15) is 0 Å². The van der Waals surface area contributed by atoms with Crippen LogP contribution in [0.4, 0.5) is 0 Å². The number of nitrogens with zero attached hydrogens (tertiary/aromatic N) is 3. The number of hydrogen-bond acceptors (Lipinski definition) is 3. The fourth-order valence-electron chi connectivity index (χ4n) is 9.13. The van der Waals surface area contributed by atoms with Gasteiger partial charge in [0.1, 0.15) is 0 Å². The molecule has 10 aromatic carbocycles. The summed E-state index contributed by atoms with van der Waals surface area (Å²) in [7, 11) is 0. The van der Waals surface area contributed by atoms with Gasteiger partial charge in [-0.05, 0) is 102 Å². The Kier molecular flexibility index (Phi) is 8.50. The van der Waals surface area contributed by atoms with Crippen LogP contribution in [0.3, 0.4) is 0 Å². The predicted molar refractivity (Wildman–Crippen MR) is 260 cm³/mol. The first-order chi connectivity index (χ1) is 30.7. The van der Waals surface area contributed by atoms with Gasteiger partial charge < -0.3 is 0 Å². The highest BCUT2D eigenvalue weighted by Gasteiger charge is 2.17. The lowest BCUT2D eigenvalue weighted by Gasteiger charge is -2.15. The third-order valence-electron chi connectivity index (χ3n) is 12.3. The van der Waals surface area contributed by atoms with Gasteiger partial charge in [-0.3, -0.25) is 0 Å². The first kappa shape index (κ1) is 35.7. The Morgan fingerprint density at radius 2 is 0.710 bits per heavy atom. The van der Waals surface area contributed by atoms with E-state index in [0.717, 1.165) is 66.8 Å². The molecule has 0 radical (unpaired) electrons. The fraction of sp³-hybridized carbons (Fsp3) is 0. The average molecular weight is 788 g/mol. The van der Waals surface area contributed by atoms with Gasteiger partial charge in [-0.25, -0.2) is 15.0 Å². The van der Waals surface area contributed by atoms with Crippen molar-refractivity contribution >= 4 is 54.0 Å². The van der Waals surface area contributed by atoms with E-state index in [2.05, 4.69) is 224 Å². The summed E-state index contributed by atoms with van der Waals surface area (Å²) in [5, 5.41) is 10.6. The monoisotopic (exact) mass is 787 g/mol. The Bertz CT molecular complexity index is 3590. The molecule has 288 valence electrons. The van der Waals surface area contributed by atoms with Gasteiger partial charge in [-0.1, -0.05) is 188 Å². The Labute approximate surface area is 359 Å². The highest BCUT2D eigenvalue weighted by atomic mass is 14.9. The molecule has 0 unspecified atom stereocenters. The molecule has 0 N–H and O–H groups in total. The molecule has 3 nitrogen and oxygen atoms in total. The largest absolute Gasteiger partial charge is 0.248 e. The lowest BCUT2D eigenvalue weighted by molar-refractivity contribution is 1.19. The van der Waals surface area contributed by atoms with Gasteiger partial charge >= 0.3 is 0 Å². The van der Waals surface area contributed by atoms with Crippen LogP contribution in [-0.2, 0) is 0 Å². The fourth-order valence-corrected chi connectivity index (χ4v) is 9.13. The molecule has 2 heterocycles. The third-order valence-corrected chi connectivity index (χ3v) is 12.3. The molecule has 0 spiro atoms.